The van der Waals surface area contributed by atoms with Crippen LogP contribution < -0.4 is 11.3 Å². The van der Waals surface area contributed by atoms with Gasteiger partial charge in [-0.25, -0.2) is 13.5 Å². The zero-order valence-corrected chi connectivity index (χ0v) is 14.4. The smallest absolute Gasteiger partial charge is 0.269 e. The third-order valence-electron chi connectivity index (χ3n) is 3.71. The summed E-state index contributed by atoms with van der Waals surface area (Å²) < 4.78 is 31.2. The molecule has 3 rings (SSSR count). The summed E-state index contributed by atoms with van der Waals surface area (Å²) in [6, 6.07) is 4.69. The van der Waals surface area contributed by atoms with Crippen molar-refractivity contribution < 1.29 is 8.78 Å². The summed E-state index contributed by atoms with van der Waals surface area (Å²) in [5.74, 6) is -1.66. The number of nitrogens with two attached hydrogens (primary N) is 1. The van der Waals surface area contributed by atoms with Crippen LogP contribution in [0.15, 0.2) is 35.3 Å². The van der Waals surface area contributed by atoms with Gasteiger partial charge in [0, 0.05) is 6.54 Å². The van der Waals surface area contributed by atoms with Crippen molar-refractivity contribution in [1.82, 2.24) is 14.3 Å². The van der Waals surface area contributed by atoms with Crippen LogP contribution in [0.1, 0.15) is 6.92 Å². The van der Waals surface area contributed by atoms with Gasteiger partial charge in [-0.3, -0.25) is 4.79 Å². The van der Waals surface area contributed by atoms with E-state index in [1.165, 1.54) is 23.0 Å². The highest BCUT2D eigenvalue weighted by atomic mass is 35.5. The fourth-order valence-electron chi connectivity index (χ4n) is 2.58. The average molecular weight is 385 g/mol. The van der Waals surface area contributed by atoms with Crippen LogP contribution in [0.5, 0.6) is 0 Å². The molecule has 0 atom stereocenters. The third-order valence-corrected chi connectivity index (χ3v) is 4.35. The highest BCUT2D eigenvalue weighted by Crippen LogP contribution is 2.34. The normalized spacial score (nSPS) is 11.1. The van der Waals surface area contributed by atoms with Gasteiger partial charge in [0.2, 0.25) is 0 Å². The molecule has 3 aromatic rings. The van der Waals surface area contributed by atoms with E-state index in [-0.39, 0.29) is 39.4 Å². The summed E-state index contributed by atoms with van der Waals surface area (Å²) in [5.41, 5.74) is 5.02. The average Bonchev–Trinajstić information content (AvgIpc) is 2.90. The zero-order valence-electron chi connectivity index (χ0n) is 12.9. The first-order valence-electron chi connectivity index (χ1n) is 7.23. The maximum absolute atomic E-state index is 14.4. The Labute approximate surface area is 151 Å². The molecular formula is C16H12Cl2F2N4O. The van der Waals surface area contributed by atoms with E-state index in [0.29, 0.717) is 0 Å². The molecule has 130 valence electrons. The van der Waals surface area contributed by atoms with Crippen LogP contribution in [-0.4, -0.2) is 14.3 Å². The second-order valence-electron chi connectivity index (χ2n) is 5.17. The zero-order chi connectivity index (χ0) is 18.3. The van der Waals surface area contributed by atoms with Crippen molar-refractivity contribution in [3.63, 3.8) is 0 Å². The third kappa shape index (κ3) is 2.79. The van der Waals surface area contributed by atoms with Crippen LogP contribution in [0.3, 0.4) is 0 Å². The minimum absolute atomic E-state index is 0.0301. The molecule has 2 aromatic heterocycles. The quantitative estimate of drug-likeness (QED) is 0.744. The van der Waals surface area contributed by atoms with E-state index in [1.54, 1.807) is 6.92 Å². The molecule has 25 heavy (non-hydrogen) atoms. The Hall–Kier alpha value is -2.38. The topological polar surface area (TPSA) is 65.8 Å². The first kappa shape index (κ1) is 17.4. The molecule has 0 spiro atoms. The lowest BCUT2D eigenvalue weighted by molar-refractivity contribution is 0.583. The van der Waals surface area contributed by atoms with Gasteiger partial charge in [-0.15, -0.1) is 0 Å². The lowest BCUT2D eigenvalue weighted by atomic mass is 10.1. The second kappa shape index (κ2) is 6.50. The van der Waals surface area contributed by atoms with E-state index >= 15 is 0 Å². The predicted molar refractivity (Wildman–Crippen MR) is 93.3 cm³/mol. The van der Waals surface area contributed by atoms with Crippen LogP contribution in [0.25, 0.3) is 16.9 Å². The maximum Gasteiger partial charge on any atom is 0.269 e. The monoisotopic (exact) mass is 384 g/mol. The van der Waals surface area contributed by atoms with Gasteiger partial charge in [0.25, 0.3) is 5.56 Å². The molecule has 0 radical (unpaired) electrons. The predicted octanol–water partition coefficient (Wildman–Crippen LogP) is 3.89. The molecule has 1 aromatic carbocycles. The Bertz CT molecular complexity index is 1010. The number of anilines is 1. The van der Waals surface area contributed by atoms with Crippen LogP contribution in [-0.2, 0) is 6.54 Å². The number of benzene rings is 1. The highest BCUT2D eigenvalue weighted by Gasteiger charge is 2.24. The molecule has 0 fully saturated rings. The molecule has 0 aliphatic carbocycles. The number of pyridine rings is 1. The first-order valence-corrected chi connectivity index (χ1v) is 7.99. The number of nitrogen functional groups attached to an aromatic ring is 1. The molecular weight excluding hydrogens is 373 g/mol. The lowest BCUT2D eigenvalue weighted by Gasteiger charge is -2.18. The fraction of sp³-hybridized carbons (Fsp3) is 0.125. The van der Waals surface area contributed by atoms with Gasteiger partial charge in [-0.05, 0) is 25.1 Å². The van der Waals surface area contributed by atoms with E-state index in [2.05, 4.69) is 5.10 Å². The molecule has 0 amide bonds. The van der Waals surface area contributed by atoms with Crippen molar-refractivity contribution in [3.05, 3.63) is 62.6 Å². The van der Waals surface area contributed by atoms with Crippen molar-refractivity contribution in [2.24, 2.45) is 0 Å². The number of hydrogen-bond donors (Lipinski definition) is 1. The van der Waals surface area contributed by atoms with Crippen LogP contribution in [0.4, 0.5) is 14.5 Å². The van der Waals surface area contributed by atoms with E-state index in [0.717, 1.165) is 16.7 Å². The van der Waals surface area contributed by atoms with Crippen molar-refractivity contribution in [3.8, 4) is 16.9 Å². The van der Waals surface area contributed by atoms with Crippen LogP contribution >= 0.6 is 23.2 Å². The Kier molecular flexibility index (Phi) is 4.53. The molecule has 2 N–H and O–H groups in total. The minimum Gasteiger partial charge on any atom is -0.395 e. The summed E-state index contributed by atoms with van der Waals surface area (Å²) in [4.78, 5) is 12.4. The number of rotatable bonds is 3. The summed E-state index contributed by atoms with van der Waals surface area (Å²) in [6.45, 7) is 1.78. The molecule has 0 unspecified atom stereocenters. The van der Waals surface area contributed by atoms with E-state index in [9.17, 15) is 13.6 Å². The molecule has 0 aliphatic rings. The summed E-state index contributed by atoms with van der Waals surface area (Å²) in [5, 5.41) is 3.92. The summed E-state index contributed by atoms with van der Waals surface area (Å²) in [6.07, 6.45) is 1.29. The van der Waals surface area contributed by atoms with Crippen molar-refractivity contribution >= 4 is 28.9 Å². The lowest BCUT2D eigenvalue weighted by Crippen LogP contribution is -2.24. The van der Waals surface area contributed by atoms with Gasteiger partial charge in [-0.2, -0.15) is 5.10 Å². The Morgan fingerprint density at radius 3 is 2.40 bits per heavy atom. The molecule has 5 nitrogen and oxygen atoms in total. The van der Waals surface area contributed by atoms with Gasteiger partial charge in [0.1, 0.15) is 16.7 Å². The largest absolute Gasteiger partial charge is 0.395 e. The molecule has 0 aliphatic heterocycles. The van der Waals surface area contributed by atoms with Gasteiger partial charge in [0.15, 0.2) is 5.15 Å². The summed E-state index contributed by atoms with van der Waals surface area (Å²) >= 11 is 12.1. The summed E-state index contributed by atoms with van der Waals surface area (Å²) in [7, 11) is 0. The molecule has 9 heteroatoms. The number of aromatic nitrogens is 3. The second-order valence-corrected chi connectivity index (χ2v) is 5.94. The maximum atomic E-state index is 14.4. The van der Waals surface area contributed by atoms with E-state index < -0.39 is 17.2 Å². The molecule has 0 saturated carbocycles. The Morgan fingerprint density at radius 1 is 1.24 bits per heavy atom. The van der Waals surface area contributed by atoms with Gasteiger partial charge < -0.3 is 10.3 Å². The number of hydrogen-bond acceptors (Lipinski definition) is 3. The molecule has 2 heterocycles. The first-order chi connectivity index (χ1) is 11.9. The van der Waals surface area contributed by atoms with Crippen LogP contribution in [0, 0.1) is 11.6 Å². The Balaban J connectivity index is 2.50. The van der Waals surface area contributed by atoms with E-state index in [1.807, 2.05) is 0 Å². The van der Waals surface area contributed by atoms with Crippen molar-refractivity contribution in [2.45, 2.75) is 13.5 Å². The van der Waals surface area contributed by atoms with Gasteiger partial charge in [0.05, 0.1) is 28.8 Å². The van der Waals surface area contributed by atoms with Crippen LogP contribution in [0.2, 0.25) is 10.2 Å². The highest BCUT2D eigenvalue weighted by molar-refractivity contribution is 6.32. The van der Waals surface area contributed by atoms with E-state index in [4.69, 9.17) is 28.9 Å². The number of nitrogens with zero attached hydrogens (tertiary/aromatic N) is 3. The standard InChI is InChI=1S/C16H12Cl2F2N4O/c1-2-23-14(13-9(19)4-3-5-10(13)20)12(6-8(17)16(23)25)24-15(18)11(21)7-22-24/h3-7H,2,21H2,1H3. The van der Waals surface area contributed by atoms with Crippen molar-refractivity contribution in [1.29, 1.82) is 0 Å². The van der Waals surface area contributed by atoms with Gasteiger partial charge in [-0.1, -0.05) is 29.3 Å². The molecule has 0 bridgehead atoms. The fourth-order valence-corrected chi connectivity index (χ4v) is 2.97. The SMILES string of the molecule is CCn1c(-c2c(F)cccc2F)c(-n2ncc(N)c2Cl)cc(Cl)c1=O. The molecule has 0 saturated heterocycles. The van der Waals surface area contributed by atoms with Crippen molar-refractivity contribution in [2.75, 3.05) is 5.73 Å². The van der Waals surface area contributed by atoms with Gasteiger partial charge >= 0.3 is 0 Å². The minimum atomic E-state index is -0.832. The Morgan fingerprint density at radius 2 is 1.88 bits per heavy atom. The number of halogens is 4.